The number of hydrogen-bond donors (Lipinski definition) is 0. The Hall–Kier alpha value is -2.47. The summed E-state index contributed by atoms with van der Waals surface area (Å²) in [6.45, 7) is 6.25. The molecule has 0 saturated heterocycles. The van der Waals surface area contributed by atoms with Crippen LogP contribution in [0.5, 0.6) is 0 Å². The van der Waals surface area contributed by atoms with Crippen LogP contribution in [0.3, 0.4) is 0 Å². The summed E-state index contributed by atoms with van der Waals surface area (Å²) in [4.78, 5) is 0.194. The standard InChI is InChI=1S/C18H19N3O2S/c1-18(2,3)15-9-11-16(12-10-15)24(22,23)21-13-17(19-20-21)14-7-5-4-6-8-14/h4-13H,1-3H3. The van der Waals surface area contributed by atoms with Crippen molar-refractivity contribution in [2.45, 2.75) is 31.1 Å². The average molecular weight is 341 g/mol. The van der Waals surface area contributed by atoms with Crippen molar-refractivity contribution in [3.63, 3.8) is 0 Å². The molecule has 0 amide bonds. The van der Waals surface area contributed by atoms with E-state index in [0.29, 0.717) is 5.69 Å². The van der Waals surface area contributed by atoms with E-state index >= 15 is 0 Å². The van der Waals surface area contributed by atoms with E-state index in [-0.39, 0.29) is 10.3 Å². The summed E-state index contributed by atoms with van der Waals surface area (Å²) in [5, 5.41) is 7.76. The van der Waals surface area contributed by atoms with Gasteiger partial charge in [-0.3, -0.25) is 0 Å². The first kappa shape index (κ1) is 16.4. The molecule has 0 aliphatic heterocycles. The second-order valence-electron chi connectivity index (χ2n) is 6.62. The predicted molar refractivity (Wildman–Crippen MR) is 93.2 cm³/mol. The van der Waals surface area contributed by atoms with Gasteiger partial charge in [-0.25, -0.2) is 0 Å². The molecular formula is C18H19N3O2S. The van der Waals surface area contributed by atoms with Gasteiger partial charge in [0.2, 0.25) is 0 Å². The van der Waals surface area contributed by atoms with Gasteiger partial charge in [0.15, 0.2) is 0 Å². The molecule has 0 N–H and O–H groups in total. The van der Waals surface area contributed by atoms with Crippen LogP contribution in [-0.2, 0) is 15.4 Å². The molecule has 0 fully saturated rings. The van der Waals surface area contributed by atoms with Crippen LogP contribution >= 0.6 is 0 Å². The number of hydrogen-bond acceptors (Lipinski definition) is 4. The molecule has 0 radical (unpaired) electrons. The zero-order valence-electron chi connectivity index (χ0n) is 13.8. The second-order valence-corrected chi connectivity index (χ2v) is 8.42. The molecule has 0 aliphatic rings. The Labute approximate surface area is 142 Å². The minimum atomic E-state index is -3.75. The largest absolute Gasteiger partial charge is 0.284 e. The van der Waals surface area contributed by atoms with Crippen LogP contribution in [0.25, 0.3) is 11.3 Å². The van der Waals surface area contributed by atoms with Gasteiger partial charge in [-0.15, -0.1) is 9.19 Å². The van der Waals surface area contributed by atoms with Gasteiger partial charge >= 0.3 is 0 Å². The van der Waals surface area contributed by atoms with Gasteiger partial charge in [-0.1, -0.05) is 68.4 Å². The molecule has 5 nitrogen and oxygen atoms in total. The summed E-state index contributed by atoms with van der Waals surface area (Å²) in [6.07, 6.45) is 1.43. The predicted octanol–water partition coefficient (Wildman–Crippen LogP) is 3.48. The molecule has 2 aromatic carbocycles. The van der Waals surface area contributed by atoms with E-state index < -0.39 is 10.0 Å². The Morgan fingerprint density at radius 1 is 0.917 bits per heavy atom. The summed E-state index contributed by atoms with van der Waals surface area (Å²) >= 11 is 0. The molecule has 0 saturated carbocycles. The average Bonchev–Trinajstić information content (AvgIpc) is 3.06. The van der Waals surface area contributed by atoms with Crippen molar-refractivity contribution in [3.8, 4) is 11.3 Å². The van der Waals surface area contributed by atoms with Gasteiger partial charge < -0.3 is 0 Å². The summed E-state index contributed by atoms with van der Waals surface area (Å²) in [6, 6.07) is 16.2. The highest BCUT2D eigenvalue weighted by molar-refractivity contribution is 7.89. The first-order valence-corrected chi connectivity index (χ1v) is 9.06. The van der Waals surface area contributed by atoms with Crippen LogP contribution in [-0.4, -0.2) is 22.8 Å². The third kappa shape index (κ3) is 3.10. The van der Waals surface area contributed by atoms with Crippen LogP contribution in [0.4, 0.5) is 0 Å². The van der Waals surface area contributed by atoms with Crippen molar-refractivity contribution in [1.82, 2.24) is 14.4 Å². The fourth-order valence-corrected chi connectivity index (χ4v) is 3.41. The smallest absolute Gasteiger partial charge is 0.199 e. The molecule has 124 valence electrons. The normalized spacial score (nSPS) is 12.3. The van der Waals surface area contributed by atoms with Crippen molar-refractivity contribution < 1.29 is 8.42 Å². The van der Waals surface area contributed by atoms with Crippen LogP contribution in [0, 0.1) is 0 Å². The molecule has 0 unspecified atom stereocenters. The Balaban J connectivity index is 1.95. The molecule has 0 bridgehead atoms. The molecule has 1 heterocycles. The van der Waals surface area contributed by atoms with Crippen molar-refractivity contribution in [2.75, 3.05) is 0 Å². The van der Waals surface area contributed by atoms with E-state index in [4.69, 9.17) is 0 Å². The number of nitrogens with zero attached hydrogens (tertiary/aromatic N) is 3. The third-order valence-corrected chi connectivity index (χ3v) is 5.35. The monoisotopic (exact) mass is 341 g/mol. The minimum absolute atomic E-state index is 0.0317. The van der Waals surface area contributed by atoms with Gasteiger partial charge in [0, 0.05) is 5.56 Å². The third-order valence-electron chi connectivity index (χ3n) is 3.81. The van der Waals surface area contributed by atoms with Gasteiger partial charge in [-0.2, -0.15) is 8.42 Å². The van der Waals surface area contributed by atoms with Gasteiger partial charge in [-0.05, 0) is 23.1 Å². The van der Waals surface area contributed by atoms with E-state index in [1.54, 1.807) is 12.1 Å². The fourth-order valence-electron chi connectivity index (χ4n) is 2.34. The molecule has 6 heteroatoms. The van der Waals surface area contributed by atoms with E-state index in [0.717, 1.165) is 15.2 Å². The van der Waals surface area contributed by atoms with E-state index in [1.807, 2.05) is 42.5 Å². The molecule has 3 aromatic rings. The fraction of sp³-hybridized carbons (Fsp3) is 0.222. The van der Waals surface area contributed by atoms with Crippen molar-refractivity contribution in [2.24, 2.45) is 0 Å². The van der Waals surface area contributed by atoms with Crippen LogP contribution in [0.15, 0.2) is 65.7 Å². The van der Waals surface area contributed by atoms with Crippen LogP contribution in [0.1, 0.15) is 26.3 Å². The topological polar surface area (TPSA) is 64.8 Å². The minimum Gasteiger partial charge on any atom is -0.199 e. The molecule has 0 spiro atoms. The first-order chi connectivity index (χ1) is 11.3. The van der Waals surface area contributed by atoms with Crippen molar-refractivity contribution in [3.05, 3.63) is 66.4 Å². The summed E-state index contributed by atoms with van der Waals surface area (Å²) < 4.78 is 26.3. The van der Waals surface area contributed by atoms with E-state index in [1.165, 1.54) is 6.20 Å². The van der Waals surface area contributed by atoms with Crippen molar-refractivity contribution >= 4 is 10.0 Å². The second kappa shape index (κ2) is 5.87. The van der Waals surface area contributed by atoms with Crippen molar-refractivity contribution in [1.29, 1.82) is 0 Å². The van der Waals surface area contributed by atoms with Crippen LogP contribution < -0.4 is 0 Å². The molecule has 24 heavy (non-hydrogen) atoms. The van der Waals surface area contributed by atoms with E-state index in [2.05, 4.69) is 31.1 Å². The quantitative estimate of drug-likeness (QED) is 0.731. The first-order valence-electron chi connectivity index (χ1n) is 7.62. The summed E-state index contributed by atoms with van der Waals surface area (Å²) in [7, 11) is -3.75. The number of rotatable bonds is 3. The van der Waals surface area contributed by atoms with E-state index in [9.17, 15) is 8.42 Å². The molecule has 1 aromatic heterocycles. The Morgan fingerprint density at radius 2 is 1.54 bits per heavy atom. The zero-order valence-corrected chi connectivity index (χ0v) is 14.7. The molecule has 0 aliphatic carbocycles. The lowest BCUT2D eigenvalue weighted by Gasteiger charge is -2.19. The molecular weight excluding hydrogens is 322 g/mol. The SMILES string of the molecule is CC(C)(C)c1ccc(S(=O)(=O)n2cc(-c3ccccc3)nn2)cc1. The molecule has 0 atom stereocenters. The van der Waals surface area contributed by atoms with Gasteiger partial charge in [0.25, 0.3) is 10.0 Å². The lowest BCUT2D eigenvalue weighted by molar-refractivity contribution is 0.575. The Morgan fingerprint density at radius 3 is 2.12 bits per heavy atom. The maximum Gasteiger partial charge on any atom is 0.284 e. The van der Waals surface area contributed by atoms with Crippen LogP contribution in [0.2, 0.25) is 0 Å². The maximum absolute atomic E-state index is 12.7. The maximum atomic E-state index is 12.7. The highest BCUT2D eigenvalue weighted by atomic mass is 32.2. The molecule has 3 rings (SSSR count). The lowest BCUT2D eigenvalue weighted by atomic mass is 9.87. The highest BCUT2D eigenvalue weighted by Crippen LogP contribution is 2.24. The summed E-state index contributed by atoms with van der Waals surface area (Å²) in [5.74, 6) is 0. The summed E-state index contributed by atoms with van der Waals surface area (Å²) in [5.41, 5.74) is 2.38. The Bertz CT molecular complexity index is 938. The number of benzene rings is 2. The van der Waals surface area contributed by atoms with Gasteiger partial charge in [0.1, 0.15) is 5.69 Å². The lowest BCUT2D eigenvalue weighted by Crippen LogP contribution is -2.15. The van der Waals surface area contributed by atoms with Gasteiger partial charge in [0.05, 0.1) is 11.1 Å². The highest BCUT2D eigenvalue weighted by Gasteiger charge is 2.21. The Kier molecular flexibility index (Phi) is 4.01. The number of aromatic nitrogens is 3. The zero-order chi connectivity index (χ0) is 17.4.